The first-order valence-electron chi connectivity index (χ1n) is 5.28. The molecule has 0 bridgehead atoms. The van der Waals surface area contributed by atoms with E-state index in [1.54, 1.807) is 4.90 Å². The number of carbonyl (C=O) groups is 1. The molecule has 1 amide bonds. The highest BCUT2D eigenvalue weighted by molar-refractivity contribution is 5.68. The molecule has 0 unspecified atom stereocenters. The molecule has 1 fully saturated rings. The summed E-state index contributed by atoms with van der Waals surface area (Å²) in [5, 5.41) is 0. The van der Waals surface area contributed by atoms with Crippen LogP contribution in [0.25, 0.3) is 0 Å². The van der Waals surface area contributed by atoms with E-state index in [1.165, 1.54) is 5.57 Å². The van der Waals surface area contributed by atoms with E-state index in [0.717, 1.165) is 12.8 Å². The molecule has 1 rings (SSSR count). The number of piperidine rings is 1. The average molecular weight is 209 g/mol. The number of hydrogen-bond acceptors (Lipinski definition) is 2. The first-order chi connectivity index (χ1) is 6.92. The monoisotopic (exact) mass is 209 g/mol. The lowest BCUT2D eigenvalue weighted by atomic mass is 10.1. The maximum Gasteiger partial charge on any atom is 0.410 e. The Morgan fingerprint density at radius 2 is 1.93 bits per heavy atom. The van der Waals surface area contributed by atoms with Crippen LogP contribution in [0.4, 0.5) is 4.79 Å². The third-order valence-electron chi connectivity index (χ3n) is 2.27. The number of rotatable bonds is 0. The first kappa shape index (κ1) is 11.9. The number of amides is 1. The van der Waals surface area contributed by atoms with Gasteiger partial charge < -0.3 is 9.64 Å². The standard InChI is InChI=1S/C12H19NO2/c1-5-10-6-8-13(9-7-10)11(14)15-12(2,3)4/h1,6-9H2,2-4H3. The van der Waals surface area contributed by atoms with Crippen LogP contribution in [0, 0.1) is 0 Å². The molecule has 0 saturated carbocycles. The highest BCUT2D eigenvalue weighted by atomic mass is 16.6. The Morgan fingerprint density at radius 1 is 1.40 bits per heavy atom. The number of ether oxygens (including phenoxy) is 1. The van der Waals surface area contributed by atoms with Gasteiger partial charge in [-0.3, -0.25) is 0 Å². The number of likely N-dealkylation sites (tertiary alicyclic amines) is 1. The Kier molecular flexibility index (Phi) is 3.59. The summed E-state index contributed by atoms with van der Waals surface area (Å²) in [5.74, 6) is 0. The van der Waals surface area contributed by atoms with Crippen molar-refractivity contribution >= 4 is 6.09 Å². The molecule has 0 N–H and O–H groups in total. The lowest BCUT2D eigenvalue weighted by Gasteiger charge is -2.30. The van der Waals surface area contributed by atoms with Gasteiger partial charge in [-0.05, 0) is 39.2 Å². The summed E-state index contributed by atoms with van der Waals surface area (Å²) >= 11 is 0. The van der Waals surface area contributed by atoms with E-state index in [2.05, 4.69) is 12.3 Å². The van der Waals surface area contributed by atoms with Gasteiger partial charge in [0.15, 0.2) is 0 Å². The van der Waals surface area contributed by atoms with E-state index < -0.39 is 5.60 Å². The van der Waals surface area contributed by atoms with Gasteiger partial charge >= 0.3 is 6.09 Å². The van der Waals surface area contributed by atoms with Crippen molar-refractivity contribution in [3.63, 3.8) is 0 Å². The Balaban J connectivity index is 2.47. The van der Waals surface area contributed by atoms with Crippen LogP contribution in [0.2, 0.25) is 0 Å². The van der Waals surface area contributed by atoms with E-state index in [1.807, 2.05) is 20.8 Å². The fourth-order valence-corrected chi connectivity index (χ4v) is 1.46. The van der Waals surface area contributed by atoms with E-state index in [-0.39, 0.29) is 6.09 Å². The van der Waals surface area contributed by atoms with Crippen molar-refractivity contribution in [1.82, 2.24) is 4.90 Å². The Labute approximate surface area is 91.4 Å². The van der Waals surface area contributed by atoms with Crippen molar-refractivity contribution in [3.05, 3.63) is 17.9 Å². The van der Waals surface area contributed by atoms with Crippen molar-refractivity contribution in [2.75, 3.05) is 13.1 Å². The molecule has 1 aliphatic rings. The predicted molar refractivity (Wildman–Crippen MR) is 59.7 cm³/mol. The Bertz CT molecular complexity index is 285. The summed E-state index contributed by atoms with van der Waals surface area (Å²) in [6.07, 6.45) is 1.51. The third-order valence-corrected chi connectivity index (χ3v) is 2.27. The smallest absolute Gasteiger partial charge is 0.410 e. The summed E-state index contributed by atoms with van der Waals surface area (Å²) in [6, 6.07) is 0. The van der Waals surface area contributed by atoms with Crippen LogP contribution in [-0.2, 0) is 4.74 Å². The number of hydrogen-bond donors (Lipinski definition) is 0. The minimum Gasteiger partial charge on any atom is -0.444 e. The van der Waals surface area contributed by atoms with Crippen LogP contribution in [-0.4, -0.2) is 29.7 Å². The van der Waals surface area contributed by atoms with Crippen molar-refractivity contribution < 1.29 is 9.53 Å². The zero-order valence-electron chi connectivity index (χ0n) is 9.80. The lowest BCUT2D eigenvalue weighted by molar-refractivity contribution is 0.0236. The van der Waals surface area contributed by atoms with Crippen LogP contribution >= 0.6 is 0 Å². The van der Waals surface area contributed by atoms with Gasteiger partial charge in [0.05, 0.1) is 0 Å². The maximum absolute atomic E-state index is 11.7. The second-order valence-corrected chi connectivity index (χ2v) is 4.75. The van der Waals surface area contributed by atoms with Crippen LogP contribution in [0.5, 0.6) is 0 Å². The molecule has 0 aliphatic carbocycles. The van der Waals surface area contributed by atoms with Gasteiger partial charge in [-0.2, -0.15) is 0 Å². The van der Waals surface area contributed by atoms with Crippen LogP contribution in [0.15, 0.2) is 17.9 Å². The van der Waals surface area contributed by atoms with Gasteiger partial charge in [0.25, 0.3) is 0 Å². The summed E-state index contributed by atoms with van der Waals surface area (Å²) in [4.78, 5) is 13.4. The van der Waals surface area contributed by atoms with Crippen LogP contribution in [0.1, 0.15) is 33.6 Å². The molecule has 0 aromatic heterocycles. The molecule has 3 heteroatoms. The summed E-state index contributed by atoms with van der Waals surface area (Å²) in [5.41, 5.74) is 3.69. The van der Waals surface area contributed by atoms with Crippen molar-refractivity contribution in [2.24, 2.45) is 0 Å². The largest absolute Gasteiger partial charge is 0.444 e. The summed E-state index contributed by atoms with van der Waals surface area (Å²) in [6.45, 7) is 10.7. The zero-order valence-corrected chi connectivity index (χ0v) is 9.80. The molecular formula is C12H19NO2. The molecule has 1 saturated heterocycles. The highest BCUT2D eigenvalue weighted by Crippen LogP contribution is 2.17. The molecule has 0 radical (unpaired) electrons. The molecule has 3 nitrogen and oxygen atoms in total. The fraction of sp³-hybridized carbons (Fsp3) is 0.667. The SMILES string of the molecule is C=C=C1CCN(C(=O)OC(C)(C)C)CC1. The quantitative estimate of drug-likeness (QED) is 0.574. The molecule has 84 valence electrons. The van der Waals surface area contributed by atoms with Crippen LogP contribution in [0.3, 0.4) is 0 Å². The van der Waals surface area contributed by atoms with Gasteiger partial charge in [0.2, 0.25) is 0 Å². The molecule has 0 aromatic carbocycles. The molecule has 1 aliphatic heterocycles. The number of carbonyl (C=O) groups excluding carboxylic acids is 1. The molecule has 0 atom stereocenters. The average Bonchev–Trinajstić information content (AvgIpc) is 2.15. The predicted octanol–water partition coefficient (Wildman–Crippen LogP) is 2.73. The highest BCUT2D eigenvalue weighted by Gasteiger charge is 2.24. The van der Waals surface area contributed by atoms with Gasteiger partial charge in [-0.25, -0.2) is 4.79 Å². The second-order valence-electron chi connectivity index (χ2n) is 4.75. The molecule has 15 heavy (non-hydrogen) atoms. The Morgan fingerprint density at radius 3 is 2.33 bits per heavy atom. The topological polar surface area (TPSA) is 29.5 Å². The minimum absolute atomic E-state index is 0.217. The lowest BCUT2D eigenvalue weighted by Crippen LogP contribution is -2.40. The van der Waals surface area contributed by atoms with Crippen LogP contribution < -0.4 is 0 Å². The van der Waals surface area contributed by atoms with Crippen molar-refractivity contribution in [3.8, 4) is 0 Å². The van der Waals surface area contributed by atoms with Crippen molar-refractivity contribution in [2.45, 2.75) is 39.2 Å². The van der Waals surface area contributed by atoms with Crippen molar-refractivity contribution in [1.29, 1.82) is 0 Å². The second kappa shape index (κ2) is 4.54. The zero-order chi connectivity index (χ0) is 11.5. The third kappa shape index (κ3) is 3.80. The molecule has 0 aromatic rings. The minimum atomic E-state index is -0.411. The van der Waals surface area contributed by atoms with E-state index in [0.29, 0.717) is 13.1 Å². The fourth-order valence-electron chi connectivity index (χ4n) is 1.46. The Hall–Kier alpha value is -1.21. The summed E-state index contributed by atoms with van der Waals surface area (Å²) < 4.78 is 5.29. The maximum atomic E-state index is 11.7. The van der Waals surface area contributed by atoms with E-state index in [4.69, 9.17) is 4.74 Å². The molecular weight excluding hydrogens is 190 g/mol. The van der Waals surface area contributed by atoms with Gasteiger partial charge in [0.1, 0.15) is 5.60 Å². The normalized spacial score (nSPS) is 17.3. The number of nitrogens with zero attached hydrogens (tertiary/aromatic N) is 1. The van der Waals surface area contributed by atoms with Gasteiger partial charge in [-0.15, -0.1) is 5.73 Å². The summed E-state index contributed by atoms with van der Waals surface area (Å²) in [7, 11) is 0. The first-order valence-corrected chi connectivity index (χ1v) is 5.28. The van der Waals surface area contributed by atoms with E-state index in [9.17, 15) is 4.79 Å². The van der Waals surface area contributed by atoms with Gasteiger partial charge in [-0.1, -0.05) is 6.58 Å². The van der Waals surface area contributed by atoms with Gasteiger partial charge in [0, 0.05) is 13.1 Å². The molecule has 1 heterocycles. The van der Waals surface area contributed by atoms with E-state index >= 15 is 0 Å². The molecule has 0 spiro atoms.